The van der Waals surface area contributed by atoms with Crippen LogP contribution in [0.4, 0.5) is 5.69 Å². The fourth-order valence-electron chi connectivity index (χ4n) is 2.91. The number of fused-ring (bicyclic) bond motifs is 1. The summed E-state index contributed by atoms with van der Waals surface area (Å²) in [5.74, 6) is 0. The standard InChI is InChI=1S/C16H19ClN2S/c1-11-14-6-8-20-16(14)5-7-19(11)13-4-3-12(10-18-2)15(17)9-13/h3-4,6,8-9,11,18H,5,7,10H2,1-2H3. The molecule has 1 N–H and O–H groups in total. The highest BCUT2D eigenvalue weighted by Gasteiger charge is 2.25. The van der Waals surface area contributed by atoms with Crippen LogP contribution in [0, 0.1) is 0 Å². The van der Waals surface area contributed by atoms with E-state index in [-0.39, 0.29) is 0 Å². The second-order valence-electron chi connectivity index (χ2n) is 5.22. The van der Waals surface area contributed by atoms with Gasteiger partial charge in [0, 0.05) is 28.7 Å². The normalized spacial score (nSPS) is 18.1. The van der Waals surface area contributed by atoms with Crippen LogP contribution in [-0.2, 0) is 13.0 Å². The molecule has 1 aliphatic heterocycles. The lowest BCUT2D eigenvalue weighted by molar-refractivity contribution is 0.632. The Morgan fingerprint density at radius 1 is 1.40 bits per heavy atom. The summed E-state index contributed by atoms with van der Waals surface area (Å²) in [5.41, 5.74) is 3.84. The van der Waals surface area contributed by atoms with Crippen LogP contribution in [0.5, 0.6) is 0 Å². The molecule has 0 amide bonds. The van der Waals surface area contributed by atoms with E-state index in [4.69, 9.17) is 11.6 Å². The zero-order chi connectivity index (χ0) is 14.1. The third-order valence-corrected chi connectivity index (χ3v) is 5.36. The number of rotatable bonds is 3. The molecule has 0 saturated carbocycles. The minimum atomic E-state index is 0.427. The predicted molar refractivity (Wildman–Crippen MR) is 88.0 cm³/mol. The number of thiophene rings is 1. The Morgan fingerprint density at radius 2 is 2.25 bits per heavy atom. The van der Waals surface area contributed by atoms with Crippen molar-refractivity contribution in [2.24, 2.45) is 0 Å². The number of nitrogens with one attached hydrogen (secondary N) is 1. The van der Waals surface area contributed by atoms with Gasteiger partial charge in [-0.25, -0.2) is 0 Å². The Kier molecular flexibility index (Phi) is 4.01. The van der Waals surface area contributed by atoms with E-state index in [2.05, 4.69) is 46.8 Å². The molecule has 4 heteroatoms. The van der Waals surface area contributed by atoms with Crippen molar-refractivity contribution in [3.05, 3.63) is 50.7 Å². The molecular formula is C16H19ClN2S. The first kappa shape index (κ1) is 13.9. The summed E-state index contributed by atoms with van der Waals surface area (Å²) in [6.45, 7) is 4.15. The molecule has 2 nitrogen and oxygen atoms in total. The first-order valence-corrected chi connectivity index (χ1v) is 8.22. The van der Waals surface area contributed by atoms with Gasteiger partial charge >= 0.3 is 0 Å². The van der Waals surface area contributed by atoms with Gasteiger partial charge in [-0.3, -0.25) is 0 Å². The van der Waals surface area contributed by atoms with Crippen LogP contribution >= 0.6 is 22.9 Å². The molecule has 106 valence electrons. The SMILES string of the molecule is CNCc1ccc(N2CCc3sccc3C2C)cc1Cl. The third-order valence-electron chi connectivity index (χ3n) is 4.01. The Balaban J connectivity index is 1.89. The minimum Gasteiger partial charge on any atom is -0.364 e. The predicted octanol–water partition coefficient (Wildman–Crippen LogP) is 4.24. The maximum atomic E-state index is 6.39. The van der Waals surface area contributed by atoms with Gasteiger partial charge in [-0.2, -0.15) is 0 Å². The Labute approximate surface area is 129 Å². The highest BCUT2D eigenvalue weighted by molar-refractivity contribution is 7.10. The number of hydrogen-bond acceptors (Lipinski definition) is 3. The summed E-state index contributed by atoms with van der Waals surface area (Å²) < 4.78 is 0. The highest BCUT2D eigenvalue weighted by Crippen LogP contribution is 2.37. The summed E-state index contributed by atoms with van der Waals surface area (Å²) in [6.07, 6.45) is 1.13. The highest BCUT2D eigenvalue weighted by atomic mass is 35.5. The average molecular weight is 307 g/mol. The van der Waals surface area contributed by atoms with Crippen molar-refractivity contribution in [3.63, 3.8) is 0 Å². The van der Waals surface area contributed by atoms with Gasteiger partial charge in [-0.1, -0.05) is 17.7 Å². The molecule has 1 atom stereocenters. The fraction of sp³-hybridized carbons (Fsp3) is 0.375. The smallest absolute Gasteiger partial charge is 0.0525 e. The molecule has 0 saturated heterocycles. The van der Waals surface area contributed by atoms with E-state index in [1.807, 2.05) is 18.4 Å². The number of benzene rings is 1. The van der Waals surface area contributed by atoms with Crippen LogP contribution in [0.1, 0.15) is 29.0 Å². The molecule has 1 aromatic carbocycles. The largest absolute Gasteiger partial charge is 0.364 e. The molecule has 1 aromatic heterocycles. The van der Waals surface area contributed by atoms with E-state index in [0.717, 1.165) is 30.1 Å². The quantitative estimate of drug-likeness (QED) is 0.912. The van der Waals surface area contributed by atoms with E-state index >= 15 is 0 Å². The van der Waals surface area contributed by atoms with Gasteiger partial charge in [0.2, 0.25) is 0 Å². The van der Waals surface area contributed by atoms with Crippen LogP contribution in [0.15, 0.2) is 29.6 Å². The third kappa shape index (κ3) is 2.46. The number of halogens is 1. The second-order valence-corrected chi connectivity index (χ2v) is 6.63. The molecule has 20 heavy (non-hydrogen) atoms. The van der Waals surface area contributed by atoms with Gasteiger partial charge in [-0.15, -0.1) is 11.3 Å². The molecule has 2 aromatic rings. The summed E-state index contributed by atoms with van der Waals surface area (Å²) in [7, 11) is 1.94. The fourth-order valence-corrected chi connectivity index (χ4v) is 4.12. The van der Waals surface area contributed by atoms with Gasteiger partial charge in [0.05, 0.1) is 6.04 Å². The summed E-state index contributed by atoms with van der Waals surface area (Å²) in [6, 6.07) is 9.10. The van der Waals surface area contributed by atoms with Crippen LogP contribution in [0.2, 0.25) is 5.02 Å². The molecule has 0 spiro atoms. The molecule has 0 fully saturated rings. The van der Waals surface area contributed by atoms with Crippen molar-refractivity contribution in [1.82, 2.24) is 5.32 Å². The summed E-state index contributed by atoms with van der Waals surface area (Å²) in [4.78, 5) is 3.98. The van der Waals surface area contributed by atoms with E-state index in [1.165, 1.54) is 16.1 Å². The van der Waals surface area contributed by atoms with Gasteiger partial charge in [0.25, 0.3) is 0 Å². The molecule has 0 aliphatic carbocycles. The van der Waals surface area contributed by atoms with Crippen molar-refractivity contribution in [3.8, 4) is 0 Å². The van der Waals surface area contributed by atoms with Gasteiger partial charge in [0.15, 0.2) is 0 Å². The van der Waals surface area contributed by atoms with Crippen molar-refractivity contribution < 1.29 is 0 Å². The lowest BCUT2D eigenvalue weighted by Crippen LogP contribution is -2.33. The number of hydrogen-bond donors (Lipinski definition) is 1. The molecule has 1 unspecified atom stereocenters. The molecule has 0 bridgehead atoms. The van der Waals surface area contributed by atoms with E-state index < -0.39 is 0 Å². The van der Waals surface area contributed by atoms with Crippen LogP contribution < -0.4 is 10.2 Å². The summed E-state index contributed by atoms with van der Waals surface area (Å²) in [5, 5.41) is 6.19. The zero-order valence-corrected chi connectivity index (χ0v) is 13.4. The lowest BCUT2D eigenvalue weighted by atomic mass is 10.0. The zero-order valence-electron chi connectivity index (χ0n) is 11.8. The maximum absolute atomic E-state index is 6.39. The van der Waals surface area contributed by atoms with Crippen molar-refractivity contribution >= 4 is 28.6 Å². The Hall–Kier alpha value is -1.03. The van der Waals surface area contributed by atoms with Crippen molar-refractivity contribution in [1.29, 1.82) is 0 Å². The van der Waals surface area contributed by atoms with Gasteiger partial charge in [-0.05, 0) is 55.1 Å². The molecular weight excluding hydrogens is 288 g/mol. The van der Waals surface area contributed by atoms with Crippen molar-refractivity contribution in [2.45, 2.75) is 25.9 Å². The van der Waals surface area contributed by atoms with Crippen LogP contribution in [-0.4, -0.2) is 13.6 Å². The maximum Gasteiger partial charge on any atom is 0.0525 e. The number of nitrogens with zero attached hydrogens (tertiary/aromatic N) is 1. The molecule has 0 radical (unpaired) electrons. The lowest BCUT2D eigenvalue weighted by Gasteiger charge is -2.35. The van der Waals surface area contributed by atoms with E-state index in [1.54, 1.807) is 0 Å². The summed E-state index contributed by atoms with van der Waals surface area (Å²) >= 11 is 8.27. The number of anilines is 1. The van der Waals surface area contributed by atoms with E-state index in [0.29, 0.717) is 6.04 Å². The monoisotopic (exact) mass is 306 g/mol. The van der Waals surface area contributed by atoms with E-state index in [9.17, 15) is 0 Å². The molecule has 3 rings (SSSR count). The first-order chi connectivity index (χ1) is 9.70. The Bertz CT molecular complexity index is 608. The average Bonchev–Trinajstić information content (AvgIpc) is 2.91. The van der Waals surface area contributed by atoms with Crippen LogP contribution in [0.25, 0.3) is 0 Å². The molecule has 2 heterocycles. The second kappa shape index (κ2) is 5.76. The minimum absolute atomic E-state index is 0.427. The Morgan fingerprint density at radius 3 is 3.00 bits per heavy atom. The first-order valence-electron chi connectivity index (χ1n) is 6.96. The van der Waals surface area contributed by atoms with Crippen molar-refractivity contribution in [2.75, 3.05) is 18.5 Å². The van der Waals surface area contributed by atoms with Gasteiger partial charge in [0.1, 0.15) is 0 Å². The van der Waals surface area contributed by atoms with Gasteiger partial charge < -0.3 is 10.2 Å². The topological polar surface area (TPSA) is 15.3 Å². The molecule has 1 aliphatic rings. The van der Waals surface area contributed by atoms with Crippen LogP contribution in [0.3, 0.4) is 0 Å².